The number of esters is 1. The Morgan fingerprint density at radius 2 is 1.57 bits per heavy atom. The second-order valence-electron chi connectivity index (χ2n) is 9.51. The van der Waals surface area contributed by atoms with E-state index in [0.717, 1.165) is 32.6 Å². The number of aromatic nitrogens is 1. The van der Waals surface area contributed by atoms with Gasteiger partial charge in [0.15, 0.2) is 0 Å². The summed E-state index contributed by atoms with van der Waals surface area (Å²) in [5.74, 6) is -2.03. The van der Waals surface area contributed by atoms with Gasteiger partial charge in [-0.1, -0.05) is 77.9 Å². The molecule has 2 N–H and O–H groups in total. The summed E-state index contributed by atoms with van der Waals surface area (Å²) in [4.78, 5) is 27.2. The van der Waals surface area contributed by atoms with E-state index in [4.69, 9.17) is 10.5 Å². The molecule has 1 aliphatic heterocycles. The lowest BCUT2D eigenvalue weighted by molar-refractivity contribution is -0.136. The summed E-state index contributed by atoms with van der Waals surface area (Å²) in [6.07, 6.45) is 1.71. The topological polar surface area (TPSA) is 108 Å². The van der Waals surface area contributed by atoms with E-state index in [2.05, 4.69) is 0 Å². The first-order valence-electron chi connectivity index (χ1n) is 12.7. The molecule has 0 saturated carbocycles. The van der Waals surface area contributed by atoms with E-state index in [1.54, 1.807) is 43.3 Å². The number of aryl methyl sites for hydroxylation is 2. The Bertz CT molecular complexity index is 1920. The van der Waals surface area contributed by atoms with Gasteiger partial charge >= 0.3 is 5.97 Å². The number of benzene rings is 3. The van der Waals surface area contributed by atoms with Crippen LogP contribution in [0, 0.1) is 13.8 Å². The molecule has 0 spiro atoms. The smallest absolute Gasteiger partial charge is 0.338 e. The lowest BCUT2D eigenvalue weighted by Gasteiger charge is -2.28. The van der Waals surface area contributed by atoms with E-state index >= 15 is 0 Å². The number of hydrogen-bond donors (Lipinski definition) is 1. The van der Waals surface area contributed by atoms with Crippen LogP contribution >= 0.6 is 11.3 Å². The molecule has 4 aromatic rings. The Kier molecular flexibility index (Phi) is 7.35. The molecule has 204 valence electrons. The third-order valence-electron chi connectivity index (χ3n) is 6.72. The summed E-state index contributed by atoms with van der Waals surface area (Å²) < 4.78 is 35.5. The number of sulfone groups is 1. The Morgan fingerprint density at radius 1 is 0.975 bits per heavy atom. The number of nitrogens with two attached hydrogens (primary N) is 1. The van der Waals surface area contributed by atoms with Crippen LogP contribution in [0.4, 0.5) is 0 Å². The zero-order chi connectivity index (χ0) is 28.6. The normalized spacial score (nSPS) is 15.7. The number of hydrogen-bond acceptors (Lipinski definition) is 7. The van der Waals surface area contributed by atoms with Crippen LogP contribution in [0.15, 0.2) is 93.5 Å². The quantitative estimate of drug-likeness (QED) is 0.355. The fourth-order valence-electron chi connectivity index (χ4n) is 4.72. The number of carbonyl (C=O) groups is 1. The SMILES string of the molecule is CCOC(=O)C1=c2s/c(=C/c3ccc(C)cc3)c(=O)n2C(N)=C(S(=O)(=O)c2ccccc2)C1c1ccc(C)cc1. The number of nitrogens with zero attached hydrogens (tertiary/aromatic N) is 1. The van der Waals surface area contributed by atoms with Gasteiger partial charge in [-0.3, -0.25) is 9.36 Å². The van der Waals surface area contributed by atoms with Crippen molar-refractivity contribution in [1.82, 2.24) is 4.57 Å². The van der Waals surface area contributed by atoms with Crippen molar-refractivity contribution in [3.8, 4) is 0 Å². The Labute approximate surface area is 236 Å². The second-order valence-corrected chi connectivity index (χ2v) is 12.5. The molecule has 9 heteroatoms. The molecule has 0 fully saturated rings. The molecular formula is C31H28N2O5S2. The van der Waals surface area contributed by atoms with E-state index in [0.29, 0.717) is 10.1 Å². The molecule has 1 aliphatic rings. The Hall–Kier alpha value is -4.21. The van der Waals surface area contributed by atoms with Gasteiger partial charge in [-0.05, 0) is 50.1 Å². The third kappa shape index (κ3) is 4.82. The van der Waals surface area contributed by atoms with Gasteiger partial charge in [0, 0.05) is 0 Å². The maximum Gasteiger partial charge on any atom is 0.338 e. The number of thiazole rings is 1. The van der Waals surface area contributed by atoms with Crippen molar-refractivity contribution in [3.63, 3.8) is 0 Å². The highest BCUT2D eigenvalue weighted by Gasteiger charge is 2.42. The van der Waals surface area contributed by atoms with Crippen molar-refractivity contribution >= 4 is 44.6 Å². The van der Waals surface area contributed by atoms with Gasteiger partial charge in [0.25, 0.3) is 5.56 Å². The van der Waals surface area contributed by atoms with E-state index in [9.17, 15) is 18.0 Å². The van der Waals surface area contributed by atoms with Crippen LogP contribution in [-0.2, 0) is 19.4 Å². The van der Waals surface area contributed by atoms with Gasteiger partial charge in [0.05, 0.1) is 27.5 Å². The number of rotatable bonds is 6. The number of allylic oxidation sites excluding steroid dienone is 1. The lowest BCUT2D eigenvalue weighted by Crippen LogP contribution is -2.41. The summed E-state index contributed by atoms with van der Waals surface area (Å²) in [6.45, 7) is 5.62. The highest BCUT2D eigenvalue weighted by molar-refractivity contribution is 7.95. The molecule has 2 heterocycles. The predicted molar refractivity (Wildman–Crippen MR) is 158 cm³/mol. The molecule has 1 atom stereocenters. The van der Waals surface area contributed by atoms with Gasteiger partial charge in [0.1, 0.15) is 15.4 Å². The molecule has 0 aliphatic carbocycles. The number of ether oxygens (including phenoxy) is 1. The zero-order valence-electron chi connectivity index (χ0n) is 22.2. The van der Waals surface area contributed by atoms with Crippen LogP contribution < -0.4 is 20.5 Å². The third-order valence-corrected chi connectivity index (χ3v) is 9.75. The van der Waals surface area contributed by atoms with Crippen molar-refractivity contribution in [2.75, 3.05) is 6.61 Å². The van der Waals surface area contributed by atoms with E-state index < -0.39 is 27.3 Å². The lowest BCUT2D eigenvalue weighted by atomic mass is 9.89. The van der Waals surface area contributed by atoms with Crippen LogP contribution in [-0.4, -0.2) is 25.6 Å². The van der Waals surface area contributed by atoms with Crippen molar-refractivity contribution in [2.24, 2.45) is 5.73 Å². The van der Waals surface area contributed by atoms with Crippen LogP contribution in [0.5, 0.6) is 0 Å². The summed E-state index contributed by atoms with van der Waals surface area (Å²) in [5.41, 5.74) is 9.53. The van der Waals surface area contributed by atoms with Crippen molar-refractivity contribution < 1.29 is 17.9 Å². The first-order chi connectivity index (χ1) is 19.1. The summed E-state index contributed by atoms with van der Waals surface area (Å²) in [5, 5.41) is 0. The molecular weight excluding hydrogens is 544 g/mol. The standard InChI is InChI=1S/C31H28N2O5S2/c1-4-38-31(35)26-25(22-16-12-20(3)13-17-22)27(40(36,37)23-8-6-5-7-9-23)28(32)33-29(34)24(39-30(26)33)18-21-14-10-19(2)11-15-21/h5-18,25H,4,32H2,1-3H3/b24-18+. The van der Waals surface area contributed by atoms with Gasteiger partial charge in [-0.2, -0.15) is 0 Å². The maximum atomic E-state index is 14.2. The molecule has 0 bridgehead atoms. The van der Waals surface area contributed by atoms with Crippen molar-refractivity contribution in [2.45, 2.75) is 31.6 Å². The summed E-state index contributed by atoms with van der Waals surface area (Å²) >= 11 is 1.09. The molecule has 1 aromatic heterocycles. The molecule has 3 aromatic carbocycles. The second kappa shape index (κ2) is 10.7. The first-order valence-corrected chi connectivity index (χ1v) is 15.0. The van der Waals surface area contributed by atoms with Crippen LogP contribution in [0.2, 0.25) is 0 Å². The maximum absolute atomic E-state index is 14.2. The highest BCUT2D eigenvalue weighted by Crippen LogP contribution is 2.42. The minimum atomic E-state index is -4.25. The first kappa shape index (κ1) is 27.4. The van der Waals surface area contributed by atoms with Crippen molar-refractivity contribution in [1.29, 1.82) is 0 Å². The number of carbonyl (C=O) groups excluding carboxylic acids is 1. The van der Waals surface area contributed by atoms with Crippen molar-refractivity contribution in [3.05, 3.63) is 126 Å². The molecule has 40 heavy (non-hydrogen) atoms. The van der Waals surface area contributed by atoms with Crippen LogP contribution in [0.3, 0.4) is 0 Å². The van der Waals surface area contributed by atoms with Gasteiger partial charge in [0.2, 0.25) is 9.84 Å². The molecule has 5 rings (SSSR count). The minimum Gasteiger partial charge on any atom is -0.463 e. The zero-order valence-corrected chi connectivity index (χ0v) is 23.9. The van der Waals surface area contributed by atoms with E-state index in [1.807, 2.05) is 50.2 Å². The van der Waals surface area contributed by atoms with Crippen LogP contribution in [0.1, 0.15) is 35.1 Å². The molecule has 7 nitrogen and oxygen atoms in total. The Balaban J connectivity index is 1.92. The van der Waals surface area contributed by atoms with Gasteiger partial charge in [-0.15, -0.1) is 11.3 Å². The largest absolute Gasteiger partial charge is 0.463 e. The summed E-state index contributed by atoms with van der Waals surface area (Å²) in [7, 11) is -4.25. The van der Waals surface area contributed by atoms with Crippen LogP contribution in [0.25, 0.3) is 17.5 Å². The average molecular weight is 573 g/mol. The molecule has 1 unspecified atom stereocenters. The van der Waals surface area contributed by atoms with E-state index in [1.165, 1.54) is 12.1 Å². The molecule has 0 amide bonds. The minimum absolute atomic E-state index is 0.00596. The van der Waals surface area contributed by atoms with Gasteiger partial charge in [-0.25, -0.2) is 13.2 Å². The Morgan fingerprint density at radius 3 is 2.17 bits per heavy atom. The van der Waals surface area contributed by atoms with Gasteiger partial charge < -0.3 is 10.5 Å². The summed E-state index contributed by atoms with van der Waals surface area (Å²) in [6, 6.07) is 22.7. The predicted octanol–water partition coefficient (Wildman–Crippen LogP) is 3.43. The molecule has 0 radical (unpaired) electrons. The fraction of sp³-hybridized carbons (Fsp3) is 0.161. The van der Waals surface area contributed by atoms with E-state index in [-0.39, 0.29) is 32.5 Å². The number of fused-ring (bicyclic) bond motifs is 1. The average Bonchev–Trinajstić information content (AvgIpc) is 3.26. The monoisotopic (exact) mass is 572 g/mol. The fourth-order valence-corrected chi connectivity index (χ4v) is 7.58. The molecule has 0 saturated heterocycles. The highest BCUT2D eigenvalue weighted by atomic mass is 32.2.